The Balaban J connectivity index is 1.77. The largest absolute Gasteiger partial charge is 0.276 e. The van der Waals surface area contributed by atoms with Crippen LogP contribution >= 0.6 is 0 Å². The van der Waals surface area contributed by atoms with E-state index in [0.29, 0.717) is 29.1 Å². The van der Waals surface area contributed by atoms with Gasteiger partial charge in [0.05, 0.1) is 29.2 Å². The molecule has 1 N–H and O–H groups in total. The molecule has 0 saturated heterocycles. The zero-order valence-corrected chi connectivity index (χ0v) is 16.0. The lowest BCUT2D eigenvalue weighted by atomic mass is 9.99. The maximum absolute atomic E-state index is 14.8. The number of H-pyrrole nitrogens is 1. The minimum absolute atomic E-state index is 0.117. The third kappa shape index (κ3) is 3.40. The highest BCUT2D eigenvalue weighted by atomic mass is 19.1. The van der Waals surface area contributed by atoms with E-state index >= 15 is 0 Å². The van der Waals surface area contributed by atoms with Crippen molar-refractivity contribution in [2.75, 3.05) is 0 Å². The fourth-order valence-electron chi connectivity index (χ4n) is 3.29. The summed E-state index contributed by atoms with van der Waals surface area (Å²) in [5.74, 6) is -0.726. The minimum Gasteiger partial charge on any atom is -0.276 e. The van der Waals surface area contributed by atoms with E-state index in [2.05, 4.69) is 34.1 Å². The molecule has 0 saturated carbocycles. The molecule has 0 spiro atoms. The number of fused-ring (bicyclic) bond motifs is 1. The second kappa shape index (κ2) is 7.14. The second-order valence-electron chi connectivity index (χ2n) is 7.46. The molecule has 0 radical (unpaired) electrons. The summed E-state index contributed by atoms with van der Waals surface area (Å²) in [5.41, 5.74) is 2.96. The average Bonchev–Trinajstić information content (AvgIpc) is 3.25. The van der Waals surface area contributed by atoms with E-state index in [1.165, 1.54) is 12.1 Å². The molecule has 0 bridgehead atoms. The zero-order chi connectivity index (χ0) is 19.8. The van der Waals surface area contributed by atoms with Crippen molar-refractivity contribution in [2.45, 2.75) is 26.7 Å². The number of halogens is 2. The fourth-order valence-corrected chi connectivity index (χ4v) is 3.29. The van der Waals surface area contributed by atoms with Crippen molar-refractivity contribution in [1.29, 1.82) is 0 Å². The number of nitrogens with zero attached hydrogens (tertiary/aromatic N) is 4. The summed E-state index contributed by atoms with van der Waals surface area (Å²) in [6, 6.07) is 4.48. The Morgan fingerprint density at radius 1 is 1.11 bits per heavy atom. The summed E-state index contributed by atoms with van der Waals surface area (Å²) >= 11 is 0. The van der Waals surface area contributed by atoms with Gasteiger partial charge in [-0.15, -0.1) is 0 Å². The van der Waals surface area contributed by atoms with Gasteiger partial charge < -0.3 is 0 Å². The number of hydrogen-bond donors (Lipinski definition) is 1. The van der Waals surface area contributed by atoms with Crippen molar-refractivity contribution in [2.24, 2.45) is 13.0 Å². The molecule has 144 valence electrons. The van der Waals surface area contributed by atoms with Crippen LogP contribution in [0.4, 0.5) is 8.78 Å². The van der Waals surface area contributed by atoms with Crippen molar-refractivity contribution < 1.29 is 8.78 Å². The van der Waals surface area contributed by atoms with Gasteiger partial charge in [0.2, 0.25) is 0 Å². The highest BCUT2D eigenvalue weighted by Gasteiger charge is 2.18. The molecule has 5 nitrogen and oxygen atoms in total. The predicted octanol–water partition coefficient (Wildman–Crippen LogP) is 4.89. The lowest BCUT2D eigenvalue weighted by Gasteiger charge is -2.09. The van der Waals surface area contributed by atoms with E-state index in [-0.39, 0.29) is 11.3 Å². The van der Waals surface area contributed by atoms with E-state index < -0.39 is 11.6 Å². The molecule has 28 heavy (non-hydrogen) atoms. The summed E-state index contributed by atoms with van der Waals surface area (Å²) in [4.78, 5) is 4.24. The van der Waals surface area contributed by atoms with E-state index in [0.717, 1.165) is 17.4 Å². The third-order valence-corrected chi connectivity index (χ3v) is 4.79. The van der Waals surface area contributed by atoms with Crippen molar-refractivity contribution in [3.8, 4) is 22.5 Å². The van der Waals surface area contributed by atoms with Gasteiger partial charge in [-0.05, 0) is 42.5 Å². The molecule has 0 atom stereocenters. The summed E-state index contributed by atoms with van der Waals surface area (Å²) in [6.45, 7) is 4.18. The number of aromatic nitrogens is 5. The Bertz CT molecular complexity index is 1120. The topological polar surface area (TPSA) is 59.4 Å². The first-order chi connectivity index (χ1) is 13.4. The normalized spacial score (nSPS) is 11.6. The number of pyridine rings is 1. The van der Waals surface area contributed by atoms with Gasteiger partial charge in [0, 0.05) is 24.2 Å². The number of aromatic amines is 1. The molecular formula is C21H21F2N5. The van der Waals surface area contributed by atoms with Crippen LogP contribution < -0.4 is 0 Å². The standard InChI is InChI=1S/C21H21F2N5/c1-12(2)4-5-13-6-16(22)20(17(23)7-13)18-8-15-19(10-24-18)26-27-21(15)14-9-25-28(3)11-14/h6-12H,4-5H2,1-3H3,(H,26,27). The Labute approximate surface area is 161 Å². The Kier molecular flexibility index (Phi) is 4.66. The number of hydrogen-bond acceptors (Lipinski definition) is 3. The summed E-state index contributed by atoms with van der Waals surface area (Å²) < 4.78 is 31.2. The Morgan fingerprint density at radius 3 is 2.50 bits per heavy atom. The average molecular weight is 381 g/mol. The maximum atomic E-state index is 14.8. The molecular weight excluding hydrogens is 360 g/mol. The number of rotatable bonds is 5. The second-order valence-corrected chi connectivity index (χ2v) is 7.46. The monoisotopic (exact) mass is 381 g/mol. The third-order valence-electron chi connectivity index (χ3n) is 4.79. The van der Waals surface area contributed by atoms with Gasteiger partial charge in [0.15, 0.2) is 0 Å². The van der Waals surface area contributed by atoms with Crippen molar-refractivity contribution >= 4 is 10.9 Å². The molecule has 0 aliphatic rings. The summed E-state index contributed by atoms with van der Waals surface area (Å²) in [5, 5.41) is 12.1. The van der Waals surface area contributed by atoms with Crippen LogP contribution in [0, 0.1) is 17.6 Å². The van der Waals surface area contributed by atoms with Gasteiger partial charge in [-0.1, -0.05) is 13.8 Å². The molecule has 0 fully saturated rings. The lowest BCUT2D eigenvalue weighted by molar-refractivity contribution is 0.566. The predicted molar refractivity (Wildman–Crippen MR) is 105 cm³/mol. The molecule has 0 unspecified atom stereocenters. The first-order valence-corrected chi connectivity index (χ1v) is 9.24. The quantitative estimate of drug-likeness (QED) is 0.535. The first kappa shape index (κ1) is 18.3. The van der Waals surface area contributed by atoms with Crippen molar-refractivity contribution in [3.63, 3.8) is 0 Å². The summed E-state index contributed by atoms with van der Waals surface area (Å²) in [6.07, 6.45) is 6.60. The van der Waals surface area contributed by atoms with Gasteiger partial charge in [-0.25, -0.2) is 8.78 Å². The Morgan fingerprint density at radius 2 is 1.86 bits per heavy atom. The van der Waals surface area contributed by atoms with Crippen LogP contribution in [0.2, 0.25) is 0 Å². The SMILES string of the molecule is CC(C)CCc1cc(F)c(-c2cc3c(-c4cnn(C)c4)n[nH]c3cn2)c(F)c1. The van der Waals surface area contributed by atoms with Crippen LogP contribution in [0.1, 0.15) is 25.8 Å². The number of nitrogens with one attached hydrogen (secondary N) is 1. The highest BCUT2D eigenvalue weighted by molar-refractivity contribution is 5.94. The first-order valence-electron chi connectivity index (χ1n) is 9.24. The van der Waals surface area contributed by atoms with E-state index in [4.69, 9.17) is 0 Å². The van der Waals surface area contributed by atoms with Crippen molar-refractivity contribution in [3.05, 3.63) is 54.0 Å². The highest BCUT2D eigenvalue weighted by Crippen LogP contribution is 2.31. The van der Waals surface area contributed by atoms with E-state index in [9.17, 15) is 8.78 Å². The number of benzene rings is 1. The van der Waals surface area contributed by atoms with E-state index in [1.807, 2.05) is 13.2 Å². The Hall–Kier alpha value is -3.09. The molecule has 0 aliphatic carbocycles. The van der Waals surface area contributed by atoms with Gasteiger partial charge in [0.1, 0.15) is 17.3 Å². The molecule has 4 rings (SSSR count). The van der Waals surface area contributed by atoms with Gasteiger partial charge in [-0.3, -0.25) is 14.8 Å². The van der Waals surface area contributed by atoms with Crippen LogP contribution in [0.5, 0.6) is 0 Å². The van der Waals surface area contributed by atoms with E-state index in [1.54, 1.807) is 23.1 Å². The van der Waals surface area contributed by atoms with Gasteiger partial charge in [-0.2, -0.15) is 10.2 Å². The van der Waals surface area contributed by atoms with Gasteiger partial charge in [0.25, 0.3) is 0 Å². The summed E-state index contributed by atoms with van der Waals surface area (Å²) in [7, 11) is 1.82. The van der Waals surface area contributed by atoms with Gasteiger partial charge >= 0.3 is 0 Å². The molecule has 7 heteroatoms. The molecule has 3 aromatic heterocycles. The van der Waals surface area contributed by atoms with Crippen LogP contribution in [0.3, 0.4) is 0 Å². The molecule has 4 aromatic rings. The van der Waals surface area contributed by atoms with Crippen LogP contribution in [-0.2, 0) is 13.5 Å². The molecule has 1 aromatic carbocycles. The minimum atomic E-state index is -0.600. The van der Waals surface area contributed by atoms with Crippen LogP contribution in [0.25, 0.3) is 33.4 Å². The smallest absolute Gasteiger partial charge is 0.135 e. The van der Waals surface area contributed by atoms with Crippen molar-refractivity contribution in [1.82, 2.24) is 25.0 Å². The maximum Gasteiger partial charge on any atom is 0.135 e. The molecule has 0 aliphatic heterocycles. The lowest BCUT2D eigenvalue weighted by Crippen LogP contribution is -1.98. The number of aryl methyl sites for hydroxylation is 2. The van der Waals surface area contributed by atoms with Crippen LogP contribution in [0.15, 0.2) is 36.8 Å². The zero-order valence-electron chi connectivity index (χ0n) is 16.0. The molecule has 0 amide bonds. The van der Waals surface area contributed by atoms with Crippen LogP contribution in [-0.4, -0.2) is 25.0 Å². The fraction of sp³-hybridized carbons (Fsp3) is 0.286. The molecule has 3 heterocycles.